The van der Waals surface area contributed by atoms with E-state index in [9.17, 15) is 0 Å². The quantitative estimate of drug-likeness (QED) is 0.157. The van der Waals surface area contributed by atoms with E-state index in [1.54, 1.807) is 6.20 Å². The van der Waals surface area contributed by atoms with Gasteiger partial charge in [0.2, 0.25) is 0 Å². The van der Waals surface area contributed by atoms with E-state index in [4.69, 9.17) is 5.10 Å². The van der Waals surface area contributed by atoms with Crippen molar-refractivity contribution in [3.8, 4) is 78.0 Å². The Bertz CT molecular complexity index is 3200. The SMILES string of the molecule is Cc1cc2c(c(-c3c(-c4ccccc4)ccc(-c4c(-c5ccccc5-c5ccccc5)ccc5[se]c6ccccc6c45)c3-c3ccnnn3)c1C)Cc1ccccc1-2. The van der Waals surface area contributed by atoms with Crippen LogP contribution in [0.3, 0.4) is 0 Å². The molecule has 3 nitrogen and oxygen atoms in total. The predicted octanol–water partition coefficient (Wildman–Crippen LogP) is 13.4. The van der Waals surface area contributed by atoms with Gasteiger partial charge < -0.3 is 0 Å². The third-order valence-electron chi connectivity index (χ3n) is 12.0. The molecule has 0 aliphatic heterocycles. The fraction of sp³-hybridized carbons (Fsp3) is 0.0556. The Labute approximate surface area is 344 Å². The van der Waals surface area contributed by atoms with Crippen LogP contribution in [0.25, 0.3) is 97.3 Å². The van der Waals surface area contributed by atoms with Gasteiger partial charge in [-0.25, -0.2) is 0 Å². The standard InChI is InChI=1S/C54H37N3Se/c1-33-31-45-39-21-10-9-19-37(39)32-46(45)50(34(33)2)54-40(36-17-7-4-8-18-36)25-26-44(52(54)47-29-30-55-57-56-47)51-42(27-28-49-53(51)43-23-13-14-24-48(43)58-49)41-22-12-11-20-38(41)35-15-5-3-6-16-35/h3-31H,32H2,1-2H3. The zero-order valence-corrected chi connectivity index (χ0v) is 33.9. The maximum absolute atomic E-state index is 4.89. The molecular formula is C54H37N3Se. The van der Waals surface area contributed by atoms with E-state index < -0.39 is 0 Å². The van der Waals surface area contributed by atoms with Gasteiger partial charge >= 0.3 is 346 Å². The van der Waals surface area contributed by atoms with Gasteiger partial charge in [0.15, 0.2) is 0 Å². The third-order valence-corrected chi connectivity index (χ3v) is 14.4. The second-order valence-corrected chi connectivity index (χ2v) is 17.5. The minimum atomic E-state index is 0.168. The monoisotopic (exact) mass is 807 g/mol. The molecule has 0 unspecified atom stereocenters. The first-order valence-corrected chi connectivity index (χ1v) is 21.5. The van der Waals surface area contributed by atoms with E-state index in [0.717, 1.165) is 23.2 Å². The molecule has 1 aliphatic rings. The normalized spacial score (nSPS) is 11.9. The molecule has 4 heteroatoms. The van der Waals surface area contributed by atoms with Crippen molar-refractivity contribution in [3.63, 3.8) is 0 Å². The number of rotatable bonds is 6. The Morgan fingerprint density at radius 1 is 0.466 bits per heavy atom. The second-order valence-electron chi connectivity index (χ2n) is 15.2. The van der Waals surface area contributed by atoms with Crippen molar-refractivity contribution in [1.82, 2.24) is 15.4 Å². The summed E-state index contributed by atoms with van der Waals surface area (Å²) in [6, 6.07) is 62.4. The van der Waals surface area contributed by atoms with Crippen molar-refractivity contribution in [1.29, 1.82) is 0 Å². The van der Waals surface area contributed by atoms with Crippen LogP contribution < -0.4 is 0 Å². The number of benzene rings is 8. The fourth-order valence-electron chi connectivity index (χ4n) is 9.34. The molecule has 2 heterocycles. The first-order valence-electron chi connectivity index (χ1n) is 19.8. The van der Waals surface area contributed by atoms with E-state index >= 15 is 0 Å². The first kappa shape index (κ1) is 34.5. The Morgan fingerprint density at radius 3 is 1.90 bits per heavy atom. The fourth-order valence-corrected chi connectivity index (χ4v) is 11.7. The van der Waals surface area contributed by atoms with Crippen molar-refractivity contribution in [3.05, 3.63) is 198 Å². The van der Waals surface area contributed by atoms with Crippen LogP contribution >= 0.6 is 0 Å². The molecule has 0 fully saturated rings. The van der Waals surface area contributed by atoms with Gasteiger partial charge in [0.25, 0.3) is 0 Å². The van der Waals surface area contributed by atoms with Gasteiger partial charge in [0, 0.05) is 0 Å². The molecule has 0 N–H and O–H groups in total. The molecule has 10 aromatic rings. The van der Waals surface area contributed by atoms with E-state index in [-0.39, 0.29) is 14.5 Å². The first-order chi connectivity index (χ1) is 28.6. The third kappa shape index (κ3) is 5.52. The van der Waals surface area contributed by atoms with E-state index in [1.165, 1.54) is 103 Å². The van der Waals surface area contributed by atoms with Crippen molar-refractivity contribution in [2.24, 2.45) is 0 Å². The summed E-state index contributed by atoms with van der Waals surface area (Å²) in [5, 5.41) is 16.1. The van der Waals surface area contributed by atoms with Gasteiger partial charge in [-0.15, -0.1) is 0 Å². The summed E-state index contributed by atoms with van der Waals surface area (Å²) in [5.74, 6) is 0. The summed E-state index contributed by atoms with van der Waals surface area (Å²) >= 11 is 0.168. The number of aryl methyl sites for hydroxylation is 1. The minimum absolute atomic E-state index is 0.168. The summed E-state index contributed by atoms with van der Waals surface area (Å²) < 4.78 is 2.81. The number of nitrogens with zero attached hydrogens (tertiary/aromatic N) is 3. The molecule has 11 rings (SSSR count). The van der Waals surface area contributed by atoms with E-state index in [1.807, 2.05) is 6.07 Å². The average Bonchev–Trinajstić information content (AvgIpc) is 3.85. The van der Waals surface area contributed by atoms with Crippen molar-refractivity contribution >= 4 is 33.8 Å². The number of aromatic nitrogens is 3. The molecule has 274 valence electrons. The van der Waals surface area contributed by atoms with Crippen LogP contribution in [-0.4, -0.2) is 29.9 Å². The van der Waals surface area contributed by atoms with Gasteiger partial charge in [-0.3, -0.25) is 0 Å². The van der Waals surface area contributed by atoms with Gasteiger partial charge in [-0.05, 0) is 0 Å². The Balaban J connectivity index is 1.34. The maximum atomic E-state index is 4.89. The molecule has 0 saturated heterocycles. The predicted molar refractivity (Wildman–Crippen MR) is 242 cm³/mol. The molecule has 0 bridgehead atoms. The molecular weight excluding hydrogens is 770 g/mol. The van der Waals surface area contributed by atoms with Gasteiger partial charge in [-0.2, -0.15) is 0 Å². The zero-order valence-electron chi connectivity index (χ0n) is 32.2. The summed E-state index contributed by atoms with van der Waals surface area (Å²) in [6.45, 7) is 4.57. The molecule has 8 aromatic carbocycles. The van der Waals surface area contributed by atoms with Crippen molar-refractivity contribution in [2.75, 3.05) is 0 Å². The van der Waals surface area contributed by atoms with Gasteiger partial charge in [-0.1, -0.05) is 0 Å². The zero-order chi connectivity index (χ0) is 38.7. The summed E-state index contributed by atoms with van der Waals surface area (Å²) in [5.41, 5.74) is 21.8. The number of hydrogen-bond acceptors (Lipinski definition) is 3. The molecule has 58 heavy (non-hydrogen) atoms. The number of hydrogen-bond donors (Lipinski definition) is 0. The van der Waals surface area contributed by atoms with Crippen LogP contribution in [0.5, 0.6) is 0 Å². The topological polar surface area (TPSA) is 38.7 Å². The number of fused-ring (bicyclic) bond motifs is 6. The molecule has 0 atom stereocenters. The van der Waals surface area contributed by atoms with Crippen molar-refractivity contribution < 1.29 is 0 Å². The summed E-state index contributed by atoms with van der Waals surface area (Å²) in [6.07, 6.45) is 2.65. The Kier molecular flexibility index (Phi) is 8.36. The summed E-state index contributed by atoms with van der Waals surface area (Å²) in [4.78, 5) is 0. The van der Waals surface area contributed by atoms with Crippen LogP contribution in [0.4, 0.5) is 0 Å². The van der Waals surface area contributed by atoms with Crippen LogP contribution in [0.2, 0.25) is 0 Å². The van der Waals surface area contributed by atoms with Crippen LogP contribution in [-0.2, 0) is 6.42 Å². The van der Waals surface area contributed by atoms with Gasteiger partial charge in [0.1, 0.15) is 0 Å². The van der Waals surface area contributed by atoms with Crippen molar-refractivity contribution in [2.45, 2.75) is 20.3 Å². The van der Waals surface area contributed by atoms with E-state index in [2.05, 4.69) is 188 Å². The molecule has 2 aromatic heterocycles. The molecule has 0 saturated carbocycles. The molecule has 0 amide bonds. The van der Waals surface area contributed by atoms with E-state index in [0.29, 0.717) is 0 Å². The second kappa shape index (κ2) is 14.0. The van der Waals surface area contributed by atoms with Crippen LogP contribution in [0, 0.1) is 13.8 Å². The van der Waals surface area contributed by atoms with Crippen LogP contribution in [0.15, 0.2) is 176 Å². The summed E-state index contributed by atoms with van der Waals surface area (Å²) in [7, 11) is 0. The Hall–Kier alpha value is -6.71. The molecule has 1 aliphatic carbocycles. The molecule has 0 radical (unpaired) electrons. The average molecular weight is 807 g/mol. The molecule has 0 spiro atoms. The Morgan fingerprint density at radius 2 is 1.12 bits per heavy atom. The van der Waals surface area contributed by atoms with Gasteiger partial charge in [0.05, 0.1) is 0 Å². The van der Waals surface area contributed by atoms with Crippen LogP contribution in [0.1, 0.15) is 22.3 Å².